The lowest BCUT2D eigenvalue weighted by Gasteiger charge is -2.05. The summed E-state index contributed by atoms with van der Waals surface area (Å²) in [5, 5.41) is 2.75. The van der Waals surface area contributed by atoms with Crippen LogP contribution in [0.3, 0.4) is 0 Å². The van der Waals surface area contributed by atoms with Crippen molar-refractivity contribution in [2.24, 2.45) is 5.73 Å². The maximum Gasteiger partial charge on any atom is 0.221 e. The SMILES string of the molecule is CC(=O)Nc1ccc(Sc2ccc(CN)cc2)cc1. The number of hydrogen-bond donors (Lipinski definition) is 2. The lowest BCUT2D eigenvalue weighted by atomic mass is 10.2. The van der Waals surface area contributed by atoms with Crippen LogP contribution in [-0.4, -0.2) is 5.91 Å². The van der Waals surface area contributed by atoms with Crippen LogP contribution in [0.1, 0.15) is 12.5 Å². The molecule has 19 heavy (non-hydrogen) atoms. The van der Waals surface area contributed by atoms with Gasteiger partial charge >= 0.3 is 0 Å². The molecule has 0 saturated heterocycles. The van der Waals surface area contributed by atoms with Crippen molar-refractivity contribution in [1.29, 1.82) is 0 Å². The molecule has 0 aliphatic heterocycles. The highest BCUT2D eigenvalue weighted by molar-refractivity contribution is 7.99. The van der Waals surface area contributed by atoms with Crippen LogP contribution < -0.4 is 11.1 Å². The van der Waals surface area contributed by atoms with E-state index in [0.29, 0.717) is 6.54 Å². The van der Waals surface area contributed by atoms with E-state index in [1.165, 1.54) is 11.8 Å². The maximum absolute atomic E-state index is 10.9. The van der Waals surface area contributed by atoms with Gasteiger partial charge in [-0.3, -0.25) is 4.79 Å². The zero-order valence-electron chi connectivity index (χ0n) is 10.7. The van der Waals surface area contributed by atoms with E-state index >= 15 is 0 Å². The first-order valence-electron chi connectivity index (χ1n) is 6.02. The number of amides is 1. The standard InChI is InChI=1S/C15H16N2OS/c1-11(18)17-13-4-8-15(9-5-13)19-14-6-2-12(10-16)3-7-14/h2-9H,10,16H2,1H3,(H,17,18). The predicted octanol–water partition coefficient (Wildman–Crippen LogP) is 3.25. The van der Waals surface area contributed by atoms with Crippen LogP contribution >= 0.6 is 11.8 Å². The van der Waals surface area contributed by atoms with Crippen LogP contribution in [0.15, 0.2) is 58.3 Å². The number of nitrogens with two attached hydrogens (primary N) is 1. The molecule has 3 nitrogen and oxygen atoms in total. The van der Waals surface area contributed by atoms with Gasteiger partial charge in [0.2, 0.25) is 5.91 Å². The van der Waals surface area contributed by atoms with E-state index in [0.717, 1.165) is 16.1 Å². The number of carbonyl (C=O) groups excluding carboxylic acids is 1. The van der Waals surface area contributed by atoms with Gasteiger partial charge in [-0.1, -0.05) is 23.9 Å². The molecule has 0 saturated carbocycles. The smallest absolute Gasteiger partial charge is 0.221 e. The van der Waals surface area contributed by atoms with Crippen molar-refractivity contribution < 1.29 is 4.79 Å². The summed E-state index contributed by atoms with van der Waals surface area (Å²) in [6.45, 7) is 2.07. The van der Waals surface area contributed by atoms with Gasteiger partial charge in [-0.15, -0.1) is 0 Å². The average Bonchev–Trinajstić information content (AvgIpc) is 2.41. The highest BCUT2D eigenvalue weighted by Gasteiger charge is 1.99. The Morgan fingerprint density at radius 1 is 1.05 bits per heavy atom. The van der Waals surface area contributed by atoms with Gasteiger partial charge in [0.25, 0.3) is 0 Å². The fraction of sp³-hybridized carbons (Fsp3) is 0.133. The fourth-order valence-electron chi connectivity index (χ4n) is 1.64. The summed E-state index contributed by atoms with van der Waals surface area (Å²) in [6.07, 6.45) is 0. The minimum absolute atomic E-state index is 0.0576. The molecule has 2 aromatic carbocycles. The molecule has 0 unspecified atom stereocenters. The Morgan fingerprint density at radius 3 is 2.05 bits per heavy atom. The summed E-state index contributed by atoms with van der Waals surface area (Å²) in [6, 6.07) is 16.0. The van der Waals surface area contributed by atoms with Gasteiger partial charge in [0, 0.05) is 28.9 Å². The summed E-state index contributed by atoms with van der Waals surface area (Å²) >= 11 is 1.68. The molecule has 98 valence electrons. The third-order valence-electron chi connectivity index (χ3n) is 2.57. The molecule has 0 aromatic heterocycles. The summed E-state index contributed by atoms with van der Waals surface area (Å²) in [4.78, 5) is 13.2. The van der Waals surface area contributed by atoms with Crippen LogP contribution in [0.2, 0.25) is 0 Å². The van der Waals surface area contributed by atoms with E-state index in [-0.39, 0.29) is 5.91 Å². The largest absolute Gasteiger partial charge is 0.326 e. The van der Waals surface area contributed by atoms with Crippen molar-refractivity contribution in [2.45, 2.75) is 23.3 Å². The Kier molecular flexibility index (Phi) is 4.60. The number of rotatable bonds is 4. The zero-order chi connectivity index (χ0) is 13.7. The first-order valence-corrected chi connectivity index (χ1v) is 6.83. The number of carbonyl (C=O) groups is 1. The maximum atomic E-state index is 10.9. The highest BCUT2D eigenvalue weighted by Crippen LogP contribution is 2.28. The van der Waals surface area contributed by atoms with Gasteiger partial charge in [-0.25, -0.2) is 0 Å². The van der Waals surface area contributed by atoms with E-state index in [1.807, 2.05) is 36.4 Å². The second-order valence-corrected chi connectivity index (χ2v) is 5.30. The van der Waals surface area contributed by atoms with Gasteiger partial charge in [0.1, 0.15) is 0 Å². The van der Waals surface area contributed by atoms with Gasteiger partial charge in [0.05, 0.1) is 0 Å². The number of anilines is 1. The Hall–Kier alpha value is -1.78. The molecule has 0 aliphatic rings. The molecule has 0 bridgehead atoms. The molecule has 3 N–H and O–H groups in total. The van der Waals surface area contributed by atoms with Crippen molar-refractivity contribution in [3.63, 3.8) is 0 Å². The lowest BCUT2D eigenvalue weighted by molar-refractivity contribution is -0.114. The third-order valence-corrected chi connectivity index (χ3v) is 3.59. The average molecular weight is 272 g/mol. The van der Waals surface area contributed by atoms with E-state index < -0.39 is 0 Å². The molecule has 0 fully saturated rings. The van der Waals surface area contributed by atoms with Crippen LogP contribution in [0, 0.1) is 0 Å². The van der Waals surface area contributed by atoms with E-state index in [9.17, 15) is 4.79 Å². The van der Waals surface area contributed by atoms with Crippen molar-refractivity contribution in [3.05, 3.63) is 54.1 Å². The highest BCUT2D eigenvalue weighted by atomic mass is 32.2. The van der Waals surface area contributed by atoms with Crippen molar-refractivity contribution >= 4 is 23.4 Å². The number of nitrogens with one attached hydrogen (secondary N) is 1. The number of hydrogen-bond acceptors (Lipinski definition) is 3. The minimum atomic E-state index is -0.0576. The number of benzene rings is 2. The quantitative estimate of drug-likeness (QED) is 0.898. The van der Waals surface area contributed by atoms with Crippen LogP contribution in [0.4, 0.5) is 5.69 Å². The normalized spacial score (nSPS) is 10.2. The molecule has 0 aliphatic carbocycles. The van der Waals surface area contributed by atoms with Crippen molar-refractivity contribution in [1.82, 2.24) is 0 Å². The molecular formula is C15H16N2OS. The predicted molar refractivity (Wildman–Crippen MR) is 79.2 cm³/mol. The Labute approximate surface area is 117 Å². The first-order chi connectivity index (χ1) is 9.17. The van der Waals surface area contributed by atoms with Crippen molar-refractivity contribution in [3.8, 4) is 0 Å². The van der Waals surface area contributed by atoms with E-state index in [4.69, 9.17) is 5.73 Å². The molecule has 2 aromatic rings. The Bertz CT molecular complexity index is 549. The topological polar surface area (TPSA) is 55.1 Å². The van der Waals surface area contributed by atoms with Gasteiger partial charge in [-0.05, 0) is 42.0 Å². The summed E-state index contributed by atoms with van der Waals surface area (Å²) in [5.74, 6) is -0.0576. The Morgan fingerprint density at radius 2 is 1.58 bits per heavy atom. The second-order valence-electron chi connectivity index (χ2n) is 4.16. The van der Waals surface area contributed by atoms with E-state index in [1.54, 1.807) is 11.8 Å². The van der Waals surface area contributed by atoms with Gasteiger partial charge in [0.15, 0.2) is 0 Å². The lowest BCUT2D eigenvalue weighted by Crippen LogP contribution is -2.05. The van der Waals surface area contributed by atoms with Crippen LogP contribution in [0.5, 0.6) is 0 Å². The molecular weight excluding hydrogens is 256 g/mol. The molecule has 1 amide bonds. The van der Waals surface area contributed by atoms with Crippen LogP contribution in [0.25, 0.3) is 0 Å². The second kappa shape index (κ2) is 6.41. The first kappa shape index (κ1) is 13.6. The summed E-state index contributed by atoms with van der Waals surface area (Å²) in [7, 11) is 0. The monoisotopic (exact) mass is 272 g/mol. The van der Waals surface area contributed by atoms with E-state index in [2.05, 4.69) is 17.4 Å². The summed E-state index contributed by atoms with van der Waals surface area (Å²) in [5.41, 5.74) is 7.51. The molecule has 0 heterocycles. The minimum Gasteiger partial charge on any atom is -0.326 e. The molecule has 0 atom stereocenters. The zero-order valence-corrected chi connectivity index (χ0v) is 11.5. The Balaban J connectivity index is 2.04. The van der Waals surface area contributed by atoms with Crippen molar-refractivity contribution in [2.75, 3.05) is 5.32 Å². The molecule has 4 heteroatoms. The van der Waals surface area contributed by atoms with Gasteiger partial charge in [-0.2, -0.15) is 0 Å². The van der Waals surface area contributed by atoms with Gasteiger partial charge < -0.3 is 11.1 Å². The molecule has 0 spiro atoms. The molecule has 0 radical (unpaired) electrons. The van der Waals surface area contributed by atoms with Crippen LogP contribution in [-0.2, 0) is 11.3 Å². The third kappa shape index (κ3) is 4.12. The fourth-order valence-corrected chi connectivity index (χ4v) is 2.46. The molecule has 2 rings (SSSR count). The summed E-state index contributed by atoms with van der Waals surface area (Å²) < 4.78 is 0.